The van der Waals surface area contributed by atoms with Crippen molar-refractivity contribution in [3.05, 3.63) is 60.2 Å². The van der Waals surface area contributed by atoms with Crippen LogP contribution in [0.2, 0.25) is 5.15 Å². The van der Waals surface area contributed by atoms with Crippen molar-refractivity contribution in [3.63, 3.8) is 0 Å². The molecule has 0 radical (unpaired) electrons. The zero-order chi connectivity index (χ0) is 21.5. The summed E-state index contributed by atoms with van der Waals surface area (Å²) in [6, 6.07) is 1.84. The van der Waals surface area contributed by atoms with Crippen molar-refractivity contribution < 1.29 is 19.3 Å². The average molecular weight is 432 g/mol. The maximum atomic E-state index is 11.1. The maximum Gasteiger partial charge on any atom is 0.164 e. The van der Waals surface area contributed by atoms with Crippen LogP contribution in [0.1, 0.15) is 33.4 Å². The highest BCUT2D eigenvalue weighted by Crippen LogP contribution is 2.45. The number of fused-ring (bicyclic) bond motifs is 2. The van der Waals surface area contributed by atoms with Gasteiger partial charge in [0.15, 0.2) is 12.0 Å². The van der Waals surface area contributed by atoms with Gasteiger partial charge in [0, 0.05) is 6.20 Å². The molecule has 160 valence electrons. The molecule has 1 N–H and O–H groups in total. The first-order chi connectivity index (χ1) is 14.4. The van der Waals surface area contributed by atoms with Crippen molar-refractivity contribution in [2.45, 2.75) is 63.6 Å². The summed E-state index contributed by atoms with van der Waals surface area (Å²) in [5.74, 6) is -0.801. The molecule has 0 saturated carbocycles. The summed E-state index contributed by atoms with van der Waals surface area (Å²) in [6.45, 7) is 9.60. The van der Waals surface area contributed by atoms with Crippen molar-refractivity contribution in [3.8, 4) is 0 Å². The first-order valence-corrected chi connectivity index (χ1v) is 10.4. The van der Waals surface area contributed by atoms with E-state index in [0.29, 0.717) is 16.4 Å². The Morgan fingerprint density at radius 1 is 1.37 bits per heavy atom. The van der Waals surface area contributed by atoms with E-state index in [4.69, 9.17) is 25.8 Å². The Bertz CT molecular complexity index is 999. The molecule has 2 aliphatic rings. The Balaban J connectivity index is 1.70. The van der Waals surface area contributed by atoms with Gasteiger partial charge in [0.05, 0.1) is 5.39 Å². The van der Waals surface area contributed by atoms with Gasteiger partial charge in [-0.1, -0.05) is 49.4 Å². The predicted octanol–water partition coefficient (Wildman–Crippen LogP) is 3.94. The molecule has 7 nitrogen and oxygen atoms in total. The minimum Gasteiger partial charge on any atom is -0.386 e. The molecule has 5 atom stereocenters. The van der Waals surface area contributed by atoms with Crippen molar-refractivity contribution in [1.29, 1.82) is 0 Å². The molecule has 2 aromatic rings. The molecule has 0 aliphatic carbocycles. The summed E-state index contributed by atoms with van der Waals surface area (Å²) in [5, 5.41) is 12.2. The quantitative estimate of drug-likeness (QED) is 0.551. The Kier molecular flexibility index (Phi) is 5.83. The molecule has 4 rings (SSSR count). The molecular formula is C22H26ClN3O4. The molecule has 0 spiro atoms. The Morgan fingerprint density at radius 3 is 2.87 bits per heavy atom. The van der Waals surface area contributed by atoms with Crippen LogP contribution in [0.5, 0.6) is 0 Å². The highest BCUT2D eigenvalue weighted by molar-refractivity contribution is 6.33. The van der Waals surface area contributed by atoms with Crippen molar-refractivity contribution in [2.24, 2.45) is 0 Å². The summed E-state index contributed by atoms with van der Waals surface area (Å²) in [5.41, 5.74) is 1.28. The highest BCUT2D eigenvalue weighted by Gasteiger charge is 2.58. The van der Waals surface area contributed by atoms with Crippen LogP contribution in [-0.2, 0) is 14.2 Å². The number of allylic oxidation sites excluding steroid dienone is 3. The van der Waals surface area contributed by atoms with Crippen molar-refractivity contribution >= 4 is 22.6 Å². The molecule has 2 fully saturated rings. The van der Waals surface area contributed by atoms with Crippen LogP contribution in [0.15, 0.2) is 55.0 Å². The van der Waals surface area contributed by atoms with Crippen LogP contribution in [-0.4, -0.2) is 49.8 Å². The standard InChI is InChI=1S/C22H26ClN3O4/c1-5-7-8-9-13(6-2)15(27)16-17-18(30-22(3,4)29-17)21(28-16)26-11-10-14-19(23)24-12-25-20(14)26/h6-12,15-18,21,27H,2,5H2,1,3-4H3/t15?,16-,17-,18-,21-/m1/s1. The summed E-state index contributed by atoms with van der Waals surface area (Å²) in [7, 11) is 0. The predicted molar refractivity (Wildman–Crippen MR) is 114 cm³/mol. The van der Waals surface area contributed by atoms with Gasteiger partial charge >= 0.3 is 0 Å². The third-order valence-corrected chi connectivity index (χ3v) is 5.65. The fourth-order valence-corrected chi connectivity index (χ4v) is 4.21. The number of aromatic nitrogens is 3. The monoisotopic (exact) mass is 431 g/mol. The van der Waals surface area contributed by atoms with E-state index < -0.39 is 36.4 Å². The number of nitrogens with zero attached hydrogens (tertiary/aromatic N) is 3. The number of halogens is 1. The van der Waals surface area contributed by atoms with Crippen LogP contribution < -0.4 is 0 Å². The fraction of sp³-hybridized carbons (Fsp3) is 0.455. The molecule has 0 aromatic carbocycles. The second-order valence-corrected chi connectivity index (χ2v) is 8.19. The van der Waals surface area contributed by atoms with E-state index >= 15 is 0 Å². The molecule has 2 saturated heterocycles. The molecule has 0 bridgehead atoms. The van der Waals surface area contributed by atoms with Gasteiger partial charge < -0.3 is 23.9 Å². The molecule has 1 unspecified atom stereocenters. The lowest BCUT2D eigenvalue weighted by atomic mass is 9.98. The molecule has 8 heteroatoms. The smallest absolute Gasteiger partial charge is 0.164 e. The number of aliphatic hydroxyl groups excluding tert-OH is 1. The zero-order valence-corrected chi connectivity index (χ0v) is 18.0. The molecule has 4 heterocycles. The van der Waals surface area contributed by atoms with Gasteiger partial charge in [-0.05, 0) is 31.9 Å². The van der Waals surface area contributed by atoms with Gasteiger partial charge in [0.2, 0.25) is 0 Å². The van der Waals surface area contributed by atoms with Gasteiger partial charge in [0.1, 0.15) is 41.5 Å². The number of rotatable bonds is 6. The number of hydrogen-bond donors (Lipinski definition) is 1. The number of aliphatic hydroxyl groups is 1. The Hall–Kier alpha value is -2.03. The Labute approximate surface area is 180 Å². The van der Waals surface area contributed by atoms with E-state index in [1.54, 1.807) is 6.08 Å². The first-order valence-electron chi connectivity index (χ1n) is 10.0. The number of ether oxygens (including phenoxy) is 3. The van der Waals surface area contributed by atoms with Crippen molar-refractivity contribution in [1.82, 2.24) is 14.5 Å². The van der Waals surface area contributed by atoms with Crippen LogP contribution in [0, 0.1) is 0 Å². The zero-order valence-electron chi connectivity index (χ0n) is 17.2. The maximum absolute atomic E-state index is 11.1. The second kappa shape index (κ2) is 8.24. The highest BCUT2D eigenvalue weighted by atomic mass is 35.5. The normalized spacial score (nSPS) is 29.6. The van der Waals surface area contributed by atoms with Gasteiger partial charge in [-0.25, -0.2) is 9.97 Å². The molecule has 30 heavy (non-hydrogen) atoms. The molecule has 0 amide bonds. The fourth-order valence-electron chi connectivity index (χ4n) is 4.02. The van der Waals surface area contributed by atoms with E-state index in [0.717, 1.165) is 11.8 Å². The minimum atomic E-state index is -0.931. The van der Waals surface area contributed by atoms with Crippen LogP contribution in [0.4, 0.5) is 0 Å². The SMILES string of the molecule is C=CC(=CC=CCC)C(O)[C@H]1O[C@@H](n2ccc3c(Cl)ncnc32)[C@@H]2OC(C)(C)O[C@@H]21. The van der Waals surface area contributed by atoms with E-state index in [1.165, 1.54) is 6.33 Å². The van der Waals surface area contributed by atoms with Crippen LogP contribution >= 0.6 is 11.6 Å². The summed E-state index contributed by atoms with van der Waals surface area (Å²) in [4.78, 5) is 8.39. The van der Waals surface area contributed by atoms with E-state index in [-0.39, 0.29) is 0 Å². The van der Waals surface area contributed by atoms with Gasteiger partial charge in [-0.15, -0.1) is 0 Å². The summed E-state index contributed by atoms with van der Waals surface area (Å²) >= 11 is 6.21. The largest absolute Gasteiger partial charge is 0.386 e. The van der Waals surface area contributed by atoms with Gasteiger partial charge in [0.25, 0.3) is 0 Å². The lowest BCUT2D eigenvalue weighted by molar-refractivity contribution is -0.204. The molecule has 2 aliphatic heterocycles. The van der Waals surface area contributed by atoms with Crippen molar-refractivity contribution in [2.75, 3.05) is 0 Å². The lowest BCUT2D eigenvalue weighted by Gasteiger charge is -2.27. The van der Waals surface area contributed by atoms with Gasteiger partial charge in [-0.3, -0.25) is 0 Å². The third-order valence-electron chi connectivity index (χ3n) is 5.35. The van der Waals surface area contributed by atoms with E-state index in [2.05, 4.69) is 16.5 Å². The second-order valence-electron chi connectivity index (χ2n) is 7.83. The average Bonchev–Trinajstić information content (AvgIpc) is 3.36. The van der Waals surface area contributed by atoms with Crippen LogP contribution in [0.3, 0.4) is 0 Å². The minimum absolute atomic E-state index is 0.369. The number of hydrogen-bond acceptors (Lipinski definition) is 6. The lowest BCUT2D eigenvalue weighted by Crippen LogP contribution is -2.39. The molecule has 2 aromatic heterocycles. The summed E-state index contributed by atoms with van der Waals surface area (Å²) < 4.78 is 20.5. The van der Waals surface area contributed by atoms with E-state index in [1.807, 2.05) is 55.8 Å². The van der Waals surface area contributed by atoms with Crippen LogP contribution in [0.25, 0.3) is 11.0 Å². The summed E-state index contributed by atoms with van der Waals surface area (Å²) in [6.07, 6.45) is 8.52. The Morgan fingerprint density at radius 2 is 2.13 bits per heavy atom. The van der Waals surface area contributed by atoms with E-state index in [9.17, 15) is 5.11 Å². The first kappa shape index (κ1) is 21.2. The van der Waals surface area contributed by atoms with Gasteiger partial charge in [-0.2, -0.15) is 0 Å². The third kappa shape index (κ3) is 3.72. The molecular weight excluding hydrogens is 406 g/mol. The topological polar surface area (TPSA) is 78.6 Å².